The number of aromatic nitrogens is 2. The maximum Gasteiger partial charge on any atom is 0.270 e. The first-order valence-corrected chi connectivity index (χ1v) is 6.95. The van der Waals surface area contributed by atoms with Crippen LogP contribution in [-0.2, 0) is 11.3 Å². The van der Waals surface area contributed by atoms with Crippen molar-refractivity contribution >= 4 is 22.5 Å². The van der Waals surface area contributed by atoms with E-state index in [1.165, 1.54) is 6.07 Å². The zero-order chi connectivity index (χ0) is 15.0. The van der Waals surface area contributed by atoms with Crippen LogP contribution in [0.1, 0.15) is 18.5 Å². The lowest BCUT2D eigenvalue weighted by Gasteiger charge is -2.07. The van der Waals surface area contributed by atoms with Crippen LogP contribution >= 0.6 is 0 Å². The Labute approximate surface area is 121 Å². The first-order valence-electron chi connectivity index (χ1n) is 6.95. The SMILES string of the molecule is Cc1nn(CCC2CCNC2=O)c2ccc([N+](=O)[O-])cc12. The number of carbonyl (C=O) groups is 1. The Balaban J connectivity index is 1.85. The van der Waals surface area contributed by atoms with Crippen LogP contribution in [0.2, 0.25) is 0 Å². The third kappa shape index (κ3) is 2.46. The van der Waals surface area contributed by atoms with Gasteiger partial charge in [-0.05, 0) is 25.8 Å². The second-order valence-electron chi connectivity index (χ2n) is 5.33. The Hall–Kier alpha value is -2.44. The minimum absolute atomic E-state index is 0.0441. The quantitative estimate of drug-likeness (QED) is 0.686. The average Bonchev–Trinajstić information content (AvgIpc) is 3.00. The Kier molecular flexibility index (Phi) is 3.32. The van der Waals surface area contributed by atoms with E-state index in [1.54, 1.807) is 12.1 Å². The lowest BCUT2D eigenvalue weighted by Crippen LogP contribution is -2.20. The summed E-state index contributed by atoms with van der Waals surface area (Å²) in [7, 11) is 0. The monoisotopic (exact) mass is 288 g/mol. The average molecular weight is 288 g/mol. The summed E-state index contributed by atoms with van der Waals surface area (Å²) >= 11 is 0. The van der Waals surface area contributed by atoms with Gasteiger partial charge in [-0.15, -0.1) is 0 Å². The number of carbonyl (C=O) groups excluding carboxylic acids is 1. The second kappa shape index (κ2) is 5.16. The third-order valence-electron chi connectivity index (χ3n) is 3.98. The van der Waals surface area contributed by atoms with Crippen LogP contribution in [0.15, 0.2) is 18.2 Å². The van der Waals surface area contributed by atoms with Gasteiger partial charge in [-0.2, -0.15) is 5.10 Å². The number of rotatable bonds is 4. The minimum Gasteiger partial charge on any atom is -0.356 e. The molecule has 1 N–H and O–H groups in total. The Morgan fingerprint density at radius 3 is 3.00 bits per heavy atom. The van der Waals surface area contributed by atoms with Crippen LogP contribution in [0.3, 0.4) is 0 Å². The van der Waals surface area contributed by atoms with Crippen molar-refractivity contribution in [1.82, 2.24) is 15.1 Å². The highest BCUT2D eigenvalue weighted by Gasteiger charge is 2.24. The van der Waals surface area contributed by atoms with Gasteiger partial charge in [0.2, 0.25) is 5.91 Å². The summed E-state index contributed by atoms with van der Waals surface area (Å²) in [6.45, 7) is 3.22. The summed E-state index contributed by atoms with van der Waals surface area (Å²) in [5.74, 6) is 0.154. The summed E-state index contributed by atoms with van der Waals surface area (Å²) in [6.07, 6.45) is 1.60. The standard InChI is InChI=1S/C14H16N4O3/c1-9-12-8-11(18(20)21)2-3-13(12)17(16-9)7-5-10-4-6-15-14(10)19/h2-3,8,10H,4-7H2,1H3,(H,15,19). The number of nitrogens with one attached hydrogen (secondary N) is 1. The lowest BCUT2D eigenvalue weighted by atomic mass is 10.0. The van der Waals surface area contributed by atoms with Crippen LogP contribution < -0.4 is 5.32 Å². The molecule has 110 valence electrons. The number of hydrogen-bond acceptors (Lipinski definition) is 4. The maximum atomic E-state index is 11.6. The van der Waals surface area contributed by atoms with Gasteiger partial charge < -0.3 is 5.32 Å². The van der Waals surface area contributed by atoms with Crippen molar-refractivity contribution in [3.05, 3.63) is 34.0 Å². The molecule has 1 unspecified atom stereocenters. The molecule has 21 heavy (non-hydrogen) atoms. The zero-order valence-corrected chi connectivity index (χ0v) is 11.7. The molecule has 2 aromatic rings. The van der Waals surface area contributed by atoms with Crippen molar-refractivity contribution in [3.8, 4) is 0 Å². The molecule has 0 aliphatic carbocycles. The normalized spacial score (nSPS) is 18.1. The van der Waals surface area contributed by atoms with Gasteiger partial charge in [0.25, 0.3) is 5.69 Å². The van der Waals surface area contributed by atoms with Crippen LogP contribution in [-0.4, -0.2) is 27.2 Å². The summed E-state index contributed by atoms with van der Waals surface area (Å²) in [5, 5.41) is 18.9. The fourth-order valence-electron chi connectivity index (χ4n) is 2.81. The van der Waals surface area contributed by atoms with E-state index in [1.807, 2.05) is 11.6 Å². The highest BCUT2D eigenvalue weighted by Crippen LogP contribution is 2.24. The molecule has 0 saturated carbocycles. The smallest absolute Gasteiger partial charge is 0.270 e. The number of nitro benzene ring substituents is 1. The van der Waals surface area contributed by atoms with Gasteiger partial charge in [-0.3, -0.25) is 19.6 Å². The van der Waals surface area contributed by atoms with Crippen LogP contribution in [0, 0.1) is 23.0 Å². The van der Waals surface area contributed by atoms with Crippen molar-refractivity contribution in [2.75, 3.05) is 6.54 Å². The first-order chi connectivity index (χ1) is 10.1. The largest absolute Gasteiger partial charge is 0.356 e. The number of hydrogen-bond donors (Lipinski definition) is 1. The summed E-state index contributed by atoms with van der Waals surface area (Å²) in [4.78, 5) is 22.0. The number of fused-ring (bicyclic) bond motifs is 1. The maximum absolute atomic E-state index is 11.6. The van der Waals surface area contributed by atoms with Crippen LogP contribution in [0.4, 0.5) is 5.69 Å². The van der Waals surface area contributed by atoms with Gasteiger partial charge in [0, 0.05) is 36.5 Å². The molecule has 1 aromatic heterocycles. The van der Waals surface area contributed by atoms with Crippen molar-refractivity contribution in [2.24, 2.45) is 5.92 Å². The van der Waals surface area contributed by atoms with Crippen LogP contribution in [0.5, 0.6) is 0 Å². The molecule has 1 fully saturated rings. The van der Waals surface area contributed by atoms with E-state index in [0.717, 1.165) is 36.0 Å². The van der Waals surface area contributed by atoms with Gasteiger partial charge in [-0.1, -0.05) is 0 Å². The molecule has 7 nitrogen and oxygen atoms in total. The molecule has 2 heterocycles. The van der Waals surface area contributed by atoms with Crippen LogP contribution in [0.25, 0.3) is 10.9 Å². The number of non-ortho nitro benzene ring substituents is 1. The molecule has 7 heteroatoms. The highest BCUT2D eigenvalue weighted by molar-refractivity contribution is 5.84. The van der Waals surface area contributed by atoms with E-state index in [4.69, 9.17) is 0 Å². The predicted octanol–water partition coefficient (Wildman–Crippen LogP) is 1.78. The first kappa shape index (κ1) is 13.5. The lowest BCUT2D eigenvalue weighted by molar-refractivity contribution is -0.384. The van der Waals surface area contributed by atoms with Gasteiger partial charge >= 0.3 is 0 Å². The number of benzene rings is 1. The van der Waals surface area contributed by atoms with Gasteiger partial charge in [0.1, 0.15) is 0 Å². The third-order valence-corrected chi connectivity index (χ3v) is 3.98. The van der Waals surface area contributed by atoms with E-state index < -0.39 is 4.92 Å². The van der Waals surface area contributed by atoms with Gasteiger partial charge in [0.05, 0.1) is 16.1 Å². The van der Waals surface area contributed by atoms with E-state index in [9.17, 15) is 14.9 Å². The molecule has 1 aromatic carbocycles. The molecule has 0 radical (unpaired) electrons. The number of aryl methyl sites for hydroxylation is 2. The van der Waals surface area contributed by atoms with Gasteiger partial charge in [-0.25, -0.2) is 0 Å². The van der Waals surface area contributed by atoms with E-state index >= 15 is 0 Å². The Bertz CT molecular complexity index is 722. The summed E-state index contributed by atoms with van der Waals surface area (Å²) in [5.41, 5.74) is 1.71. The van der Waals surface area contributed by atoms with E-state index in [0.29, 0.717) is 6.54 Å². The van der Waals surface area contributed by atoms with Gasteiger partial charge in [0.15, 0.2) is 0 Å². The van der Waals surface area contributed by atoms with Crippen molar-refractivity contribution in [2.45, 2.75) is 26.3 Å². The molecule has 0 bridgehead atoms. The van der Waals surface area contributed by atoms with Crippen molar-refractivity contribution < 1.29 is 9.72 Å². The molecule has 1 aliphatic rings. The fourth-order valence-corrected chi connectivity index (χ4v) is 2.81. The molecule has 3 rings (SSSR count). The molecule has 1 saturated heterocycles. The topological polar surface area (TPSA) is 90.1 Å². The van der Waals surface area contributed by atoms with E-state index in [2.05, 4.69) is 10.4 Å². The Morgan fingerprint density at radius 1 is 1.52 bits per heavy atom. The Morgan fingerprint density at radius 2 is 2.33 bits per heavy atom. The summed E-state index contributed by atoms with van der Waals surface area (Å²) in [6, 6.07) is 4.76. The summed E-state index contributed by atoms with van der Waals surface area (Å²) < 4.78 is 1.83. The molecule has 0 spiro atoms. The second-order valence-corrected chi connectivity index (χ2v) is 5.33. The minimum atomic E-state index is -0.404. The molecular formula is C14H16N4O3. The molecule has 1 aliphatic heterocycles. The number of amides is 1. The predicted molar refractivity (Wildman–Crippen MR) is 76.9 cm³/mol. The highest BCUT2D eigenvalue weighted by atomic mass is 16.6. The zero-order valence-electron chi connectivity index (χ0n) is 11.7. The molecule has 1 amide bonds. The number of nitrogens with zero attached hydrogens (tertiary/aromatic N) is 3. The van der Waals surface area contributed by atoms with Crippen molar-refractivity contribution in [3.63, 3.8) is 0 Å². The molecule has 1 atom stereocenters. The van der Waals surface area contributed by atoms with E-state index in [-0.39, 0.29) is 17.5 Å². The van der Waals surface area contributed by atoms with Crippen molar-refractivity contribution in [1.29, 1.82) is 0 Å². The molecular weight excluding hydrogens is 272 g/mol. The fraction of sp³-hybridized carbons (Fsp3) is 0.429. The number of nitro groups is 1.